The molecule has 0 N–H and O–H groups in total. The highest BCUT2D eigenvalue weighted by Gasteiger charge is 2.51. The maximum atomic E-state index is 6.09. The molecule has 2 heterocycles. The van der Waals surface area contributed by atoms with Crippen LogP contribution in [0.25, 0.3) is 0 Å². The first-order valence-corrected chi connectivity index (χ1v) is 8.48. The van der Waals surface area contributed by atoms with Crippen molar-refractivity contribution in [1.82, 2.24) is 0 Å². The summed E-state index contributed by atoms with van der Waals surface area (Å²) in [5.74, 6) is 0.244. The number of rotatable bonds is 4. The van der Waals surface area contributed by atoms with E-state index in [0.717, 1.165) is 11.2 Å². The van der Waals surface area contributed by atoms with Crippen LogP contribution in [-0.4, -0.2) is 43.4 Å². The van der Waals surface area contributed by atoms with Crippen molar-refractivity contribution in [1.29, 1.82) is 0 Å². The fourth-order valence-corrected chi connectivity index (χ4v) is 2.76. The van der Waals surface area contributed by atoms with Crippen LogP contribution in [-0.2, 0) is 18.8 Å². The molecule has 3 rings (SSSR count). The second kappa shape index (κ2) is 6.02. The zero-order valence-electron chi connectivity index (χ0n) is 15.4. The molecule has 0 bridgehead atoms. The van der Waals surface area contributed by atoms with Crippen LogP contribution >= 0.6 is 0 Å². The minimum atomic E-state index is -0.529. The van der Waals surface area contributed by atoms with Gasteiger partial charge in [-0.05, 0) is 59.1 Å². The van der Waals surface area contributed by atoms with Gasteiger partial charge in [0, 0.05) is 0 Å². The zero-order chi connectivity index (χ0) is 17.6. The van der Waals surface area contributed by atoms with Crippen molar-refractivity contribution in [3.63, 3.8) is 0 Å². The minimum absolute atomic E-state index is 0.0551. The first kappa shape index (κ1) is 17.7. The van der Waals surface area contributed by atoms with Crippen molar-refractivity contribution in [3.8, 4) is 5.75 Å². The third-order valence-corrected chi connectivity index (χ3v) is 4.89. The maximum absolute atomic E-state index is 6.09. The van der Waals surface area contributed by atoms with Crippen LogP contribution in [0.4, 0.5) is 0 Å². The van der Waals surface area contributed by atoms with Crippen molar-refractivity contribution in [2.45, 2.75) is 64.6 Å². The molecule has 0 spiro atoms. The first-order valence-electron chi connectivity index (χ1n) is 8.48. The predicted octanol–water partition coefficient (Wildman–Crippen LogP) is 2.52. The van der Waals surface area contributed by atoms with Crippen LogP contribution in [0.5, 0.6) is 5.75 Å². The van der Waals surface area contributed by atoms with Crippen molar-refractivity contribution in [2.75, 3.05) is 13.2 Å². The van der Waals surface area contributed by atoms with Crippen LogP contribution < -0.4 is 10.2 Å². The number of hydrogen-bond acceptors (Lipinski definition) is 5. The molecule has 1 aromatic rings. The molecule has 2 aliphatic heterocycles. The molecule has 2 fully saturated rings. The van der Waals surface area contributed by atoms with Gasteiger partial charge in [-0.3, -0.25) is 0 Å². The van der Waals surface area contributed by atoms with Crippen molar-refractivity contribution in [3.05, 3.63) is 24.3 Å². The Morgan fingerprint density at radius 2 is 1.75 bits per heavy atom. The topological polar surface area (TPSA) is 46.2 Å². The van der Waals surface area contributed by atoms with E-state index in [4.69, 9.17) is 23.5 Å². The molecule has 1 atom stereocenters. The van der Waals surface area contributed by atoms with Crippen LogP contribution in [0.15, 0.2) is 24.3 Å². The minimum Gasteiger partial charge on any atom is -0.491 e. The predicted molar refractivity (Wildman–Crippen MR) is 92.6 cm³/mol. The monoisotopic (exact) mass is 334 g/mol. The van der Waals surface area contributed by atoms with Crippen molar-refractivity contribution < 1.29 is 23.5 Å². The van der Waals surface area contributed by atoms with Gasteiger partial charge in [0.15, 0.2) is 5.79 Å². The highest BCUT2D eigenvalue weighted by molar-refractivity contribution is 6.62. The highest BCUT2D eigenvalue weighted by Crippen LogP contribution is 2.36. The fourth-order valence-electron chi connectivity index (χ4n) is 2.76. The molecule has 0 aliphatic carbocycles. The molecular weight excluding hydrogens is 307 g/mol. The van der Waals surface area contributed by atoms with E-state index in [-0.39, 0.29) is 24.4 Å². The smallest absolute Gasteiger partial charge is 0.491 e. The summed E-state index contributed by atoms with van der Waals surface area (Å²) in [5.41, 5.74) is 0.250. The summed E-state index contributed by atoms with van der Waals surface area (Å²) in [5, 5.41) is 0. The number of ether oxygens (including phenoxy) is 3. The summed E-state index contributed by atoms with van der Waals surface area (Å²) in [6.07, 6.45) is -0.0551. The molecule has 1 unspecified atom stereocenters. The molecule has 2 saturated heterocycles. The average molecular weight is 334 g/mol. The van der Waals surface area contributed by atoms with E-state index in [2.05, 4.69) is 0 Å². The lowest BCUT2D eigenvalue weighted by molar-refractivity contribution is -0.141. The van der Waals surface area contributed by atoms with Crippen LogP contribution in [0.1, 0.15) is 41.5 Å². The van der Waals surface area contributed by atoms with Gasteiger partial charge in [0.1, 0.15) is 18.5 Å². The molecule has 1 aromatic carbocycles. The summed E-state index contributed by atoms with van der Waals surface area (Å²) < 4.78 is 29.4. The molecule has 0 aromatic heterocycles. The molecule has 2 aliphatic rings. The Labute approximate surface area is 144 Å². The van der Waals surface area contributed by atoms with Crippen LogP contribution in [0.3, 0.4) is 0 Å². The second-order valence-electron chi connectivity index (χ2n) is 7.92. The normalized spacial score (nSPS) is 27.4. The van der Waals surface area contributed by atoms with Gasteiger partial charge in [0.2, 0.25) is 0 Å². The van der Waals surface area contributed by atoms with Crippen molar-refractivity contribution >= 4 is 12.6 Å². The Hall–Kier alpha value is -1.08. The van der Waals surface area contributed by atoms with Gasteiger partial charge in [-0.25, -0.2) is 0 Å². The SMILES string of the molecule is CC1(C)OCC(COc2cccc(B3OC(C)(C)C(C)(C)O3)c2)O1. The Morgan fingerprint density at radius 3 is 2.33 bits per heavy atom. The van der Waals surface area contributed by atoms with Crippen molar-refractivity contribution in [2.24, 2.45) is 0 Å². The van der Waals surface area contributed by atoms with E-state index in [1.807, 2.05) is 65.8 Å². The third-order valence-electron chi connectivity index (χ3n) is 4.89. The lowest BCUT2D eigenvalue weighted by atomic mass is 9.79. The Morgan fingerprint density at radius 1 is 1.08 bits per heavy atom. The second-order valence-corrected chi connectivity index (χ2v) is 7.92. The lowest BCUT2D eigenvalue weighted by Gasteiger charge is -2.32. The van der Waals surface area contributed by atoms with Gasteiger partial charge in [0.25, 0.3) is 0 Å². The Balaban J connectivity index is 1.63. The van der Waals surface area contributed by atoms with Gasteiger partial charge in [0.05, 0.1) is 17.8 Å². The Kier molecular flexibility index (Phi) is 4.45. The van der Waals surface area contributed by atoms with Gasteiger partial charge in [-0.2, -0.15) is 0 Å². The fraction of sp³-hybridized carbons (Fsp3) is 0.667. The first-order chi connectivity index (χ1) is 11.1. The standard InChI is InChI=1S/C18H27BO5/c1-16(2)17(3,4)24-19(23-16)13-8-7-9-14(10-13)20-11-15-12-21-18(5,6)22-15/h7-10,15H,11-12H2,1-6H3. The molecule has 5 nitrogen and oxygen atoms in total. The van der Waals surface area contributed by atoms with E-state index in [9.17, 15) is 0 Å². The van der Waals surface area contributed by atoms with E-state index in [0.29, 0.717) is 13.2 Å². The van der Waals surface area contributed by atoms with Crippen LogP contribution in [0, 0.1) is 0 Å². The zero-order valence-corrected chi connectivity index (χ0v) is 15.4. The van der Waals surface area contributed by atoms with E-state index in [1.54, 1.807) is 0 Å². The molecule has 0 radical (unpaired) electrons. The maximum Gasteiger partial charge on any atom is 0.494 e. The summed E-state index contributed by atoms with van der Waals surface area (Å²) in [7, 11) is -0.386. The summed E-state index contributed by atoms with van der Waals surface area (Å²) in [6.45, 7) is 13.0. The Bertz CT molecular complexity index is 583. The summed E-state index contributed by atoms with van der Waals surface area (Å²) in [6, 6.07) is 7.83. The van der Waals surface area contributed by atoms with E-state index >= 15 is 0 Å². The molecule has 0 saturated carbocycles. The lowest BCUT2D eigenvalue weighted by Crippen LogP contribution is -2.41. The average Bonchev–Trinajstić information content (AvgIpc) is 2.93. The summed E-state index contributed by atoms with van der Waals surface area (Å²) in [4.78, 5) is 0. The molecule has 0 amide bonds. The number of hydrogen-bond donors (Lipinski definition) is 0. The largest absolute Gasteiger partial charge is 0.494 e. The third kappa shape index (κ3) is 3.62. The highest BCUT2D eigenvalue weighted by atomic mass is 16.7. The van der Waals surface area contributed by atoms with E-state index < -0.39 is 5.79 Å². The molecular formula is C18H27BO5. The van der Waals surface area contributed by atoms with E-state index in [1.165, 1.54) is 0 Å². The van der Waals surface area contributed by atoms with Gasteiger partial charge < -0.3 is 23.5 Å². The molecule has 132 valence electrons. The quantitative estimate of drug-likeness (QED) is 0.792. The van der Waals surface area contributed by atoms with Gasteiger partial charge >= 0.3 is 7.12 Å². The van der Waals surface area contributed by atoms with Crippen LogP contribution in [0.2, 0.25) is 0 Å². The summed E-state index contributed by atoms with van der Waals surface area (Å²) >= 11 is 0. The number of benzene rings is 1. The van der Waals surface area contributed by atoms with Gasteiger partial charge in [-0.15, -0.1) is 0 Å². The molecule has 24 heavy (non-hydrogen) atoms. The molecule has 6 heteroatoms. The van der Waals surface area contributed by atoms with Gasteiger partial charge in [-0.1, -0.05) is 12.1 Å².